The molecule has 0 radical (unpaired) electrons. The van der Waals surface area contributed by atoms with Crippen LogP contribution in [-0.2, 0) is 6.54 Å². The Kier molecular flexibility index (Phi) is 6.10. The molecule has 1 fully saturated rings. The number of benzene rings is 2. The fourth-order valence-electron chi connectivity index (χ4n) is 3.28. The molecule has 8 heteroatoms. The van der Waals surface area contributed by atoms with E-state index in [-0.39, 0.29) is 17.3 Å². The van der Waals surface area contributed by atoms with Gasteiger partial charge in [0, 0.05) is 44.4 Å². The number of piperazine rings is 1. The second-order valence-electron chi connectivity index (χ2n) is 6.56. The highest BCUT2D eigenvalue weighted by Gasteiger charge is 2.23. The van der Waals surface area contributed by atoms with Gasteiger partial charge in [-0.05, 0) is 29.8 Å². The van der Waals surface area contributed by atoms with Crippen LogP contribution in [0.1, 0.15) is 15.9 Å². The van der Waals surface area contributed by atoms with Gasteiger partial charge >= 0.3 is 5.69 Å². The summed E-state index contributed by atoms with van der Waals surface area (Å²) in [7, 11) is 2.99. The normalized spacial score (nSPS) is 14.6. The van der Waals surface area contributed by atoms with Crippen molar-refractivity contribution in [2.24, 2.45) is 0 Å². The number of carbonyl (C=O) groups is 1. The van der Waals surface area contributed by atoms with E-state index in [2.05, 4.69) is 4.90 Å². The molecule has 2 aromatic carbocycles. The molecule has 28 heavy (non-hydrogen) atoms. The van der Waals surface area contributed by atoms with E-state index in [1.54, 1.807) is 37.4 Å². The molecule has 0 unspecified atom stereocenters. The summed E-state index contributed by atoms with van der Waals surface area (Å²) < 4.78 is 10.2. The highest BCUT2D eigenvalue weighted by Crippen LogP contribution is 2.28. The number of nitro groups is 1. The SMILES string of the molecule is COc1cccc(C(=O)N2CCN(Cc3ccc(OC)c([N+](=O)[O-])c3)CC2)c1. The molecular weight excluding hydrogens is 362 g/mol. The third-order valence-electron chi connectivity index (χ3n) is 4.82. The van der Waals surface area contributed by atoms with Crippen LogP contribution in [0.2, 0.25) is 0 Å². The third kappa shape index (κ3) is 4.40. The zero-order valence-electron chi connectivity index (χ0n) is 16.0. The van der Waals surface area contributed by atoms with Gasteiger partial charge in [-0.25, -0.2) is 0 Å². The summed E-state index contributed by atoms with van der Waals surface area (Å²) in [5, 5.41) is 11.2. The van der Waals surface area contributed by atoms with E-state index in [9.17, 15) is 14.9 Å². The first kappa shape index (κ1) is 19.6. The topological polar surface area (TPSA) is 85.2 Å². The van der Waals surface area contributed by atoms with Crippen molar-refractivity contribution < 1.29 is 19.2 Å². The molecule has 1 amide bonds. The van der Waals surface area contributed by atoms with Gasteiger partial charge in [-0.2, -0.15) is 0 Å². The largest absolute Gasteiger partial charge is 0.497 e. The molecule has 0 atom stereocenters. The summed E-state index contributed by atoms with van der Waals surface area (Å²) in [5.41, 5.74) is 1.42. The molecule has 0 N–H and O–H groups in total. The second-order valence-corrected chi connectivity index (χ2v) is 6.56. The lowest BCUT2D eigenvalue weighted by Crippen LogP contribution is -2.48. The van der Waals surface area contributed by atoms with Crippen molar-refractivity contribution in [1.82, 2.24) is 9.80 Å². The first-order valence-electron chi connectivity index (χ1n) is 8.99. The highest BCUT2D eigenvalue weighted by molar-refractivity contribution is 5.94. The van der Waals surface area contributed by atoms with Gasteiger partial charge in [0.05, 0.1) is 19.1 Å². The van der Waals surface area contributed by atoms with Crippen molar-refractivity contribution in [3.8, 4) is 11.5 Å². The van der Waals surface area contributed by atoms with Gasteiger partial charge in [0.1, 0.15) is 5.75 Å². The number of hydrogen-bond acceptors (Lipinski definition) is 6. The fourth-order valence-corrected chi connectivity index (χ4v) is 3.28. The van der Waals surface area contributed by atoms with Crippen LogP contribution in [0.15, 0.2) is 42.5 Å². The molecule has 0 bridgehead atoms. The van der Waals surface area contributed by atoms with Crippen LogP contribution in [0.25, 0.3) is 0 Å². The summed E-state index contributed by atoms with van der Waals surface area (Å²) in [5.74, 6) is 0.895. The predicted molar refractivity (Wildman–Crippen MR) is 104 cm³/mol. The summed E-state index contributed by atoms with van der Waals surface area (Å²) in [6.45, 7) is 3.21. The van der Waals surface area contributed by atoms with Gasteiger partial charge < -0.3 is 14.4 Å². The van der Waals surface area contributed by atoms with E-state index in [0.717, 1.165) is 5.56 Å². The van der Waals surface area contributed by atoms with Crippen molar-refractivity contribution in [3.63, 3.8) is 0 Å². The molecular formula is C20H23N3O5. The lowest BCUT2D eigenvalue weighted by Gasteiger charge is -2.34. The molecule has 0 spiro atoms. The Hall–Kier alpha value is -3.13. The maximum absolute atomic E-state index is 12.7. The number of methoxy groups -OCH3 is 2. The van der Waals surface area contributed by atoms with E-state index >= 15 is 0 Å². The smallest absolute Gasteiger partial charge is 0.311 e. The van der Waals surface area contributed by atoms with Gasteiger partial charge in [0.25, 0.3) is 5.91 Å². The van der Waals surface area contributed by atoms with Gasteiger partial charge in [0.15, 0.2) is 5.75 Å². The number of hydrogen-bond donors (Lipinski definition) is 0. The summed E-state index contributed by atoms with van der Waals surface area (Å²) >= 11 is 0. The molecule has 8 nitrogen and oxygen atoms in total. The van der Waals surface area contributed by atoms with E-state index in [0.29, 0.717) is 44.0 Å². The van der Waals surface area contributed by atoms with Crippen LogP contribution in [0.3, 0.4) is 0 Å². The molecule has 1 aliphatic rings. The Bertz CT molecular complexity index is 863. The van der Waals surface area contributed by atoms with Crippen LogP contribution in [0.5, 0.6) is 11.5 Å². The number of amides is 1. The average molecular weight is 385 g/mol. The Balaban J connectivity index is 1.60. The average Bonchev–Trinajstić information content (AvgIpc) is 2.73. The van der Waals surface area contributed by atoms with Gasteiger partial charge in [-0.15, -0.1) is 0 Å². The molecule has 3 rings (SSSR count). The maximum Gasteiger partial charge on any atom is 0.311 e. The minimum absolute atomic E-state index is 0.0152. The number of nitrogens with zero attached hydrogens (tertiary/aromatic N) is 3. The molecule has 2 aromatic rings. The lowest BCUT2D eigenvalue weighted by atomic mass is 10.1. The molecule has 148 valence electrons. The maximum atomic E-state index is 12.7. The summed E-state index contributed by atoms with van der Waals surface area (Å²) in [6, 6.07) is 12.1. The number of carbonyl (C=O) groups excluding carboxylic acids is 1. The standard InChI is InChI=1S/C20H23N3O5/c1-27-17-5-3-4-16(13-17)20(24)22-10-8-21(9-11-22)14-15-6-7-19(28-2)18(12-15)23(25)26/h3-7,12-13H,8-11,14H2,1-2H3. The first-order valence-corrected chi connectivity index (χ1v) is 8.99. The lowest BCUT2D eigenvalue weighted by molar-refractivity contribution is -0.385. The van der Waals surface area contributed by atoms with Crippen molar-refractivity contribution in [2.75, 3.05) is 40.4 Å². The van der Waals surface area contributed by atoms with Crippen molar-refractivity contribution in [1.29, 1.82) is 0 Å². The minimum atomic E-state index is -0.437. The third-order valence-corrected chi connectivity index (χ3v) is 4.82. The van der Waals surface area contributed by atoms with Crippen LogP contribution in [0, 0.1) is 10.1 Å². The molecule has 0 aromatic heterocycles. The van der Waals surface area contributed by atoms with Gasteiger partial charge in [-0.1, -0.05) is 12.1 Å². The Morgan fingerprint density at radius 2 is 1.82 bits per heavy atom. The van der Waals surface area contributed by atoms with Crippen LogP contribution >= 0.6 is 0 Å². The van der Waals surface area contributed by atoms with Crippen molar-refractivity contribution >= 4 is 11.6 Å². The zero-order chi connectivity index (χ0) is 20.1. The molecule has 1 aliphatic heterocycles. The molecule has 0 saturated carbocycles. The second kappa shape index (κ2) is 8.71. The Labute approximate surface area is 163 Å². The summed E-state index contributed by atoms with van der Waals surface area (Å²) in [6.07, 6.45) is 0. The van der Waals surface area contributed by atoms with E-state index in [4.69, 9.17) is 9.47 Å². The van der Waals surface area contributed by atoms with E-state index in [1.165, 1.54) is 7.11 Å². The minimum Gasteiger partial charge on any atom is -0.497 e. The predicted octanol–water partition coefficient (Wildman–Crippen LogP) is 2.57. The van der Waals surface area contributed by atoms with Crippen molar-refractivity contribution in [3.05, 3.63) is 63.7 Å². The monoisotopic (exact) mass is 385 g/mol. The van der Waals surface area contributed by atoms with Gasteiger partial charge in [-0.3, -0.25) is 19.8 Å². The molecule has 1 heterocycles. The molecule has 0 aliphatic carbocycles. The quantitative estimate of drug-likeness (QED) is 0.561. The Morgan fingerprint density at radius 3 is 2.46 bits per heavy atom. The highest BCUT2D eigenvalue weighted by atomic mass is 16.6. The number of ether oxygens (including phenoxy) is 2. The summed E-state index contributed by atoms with van der Waals surface area (Å²) in [4.78, 5) is 27.4. The van der Waals surface area contributed by atoms with Crippen molar-refractivity contribution in [2.45, 2.75) is 6.54 Å². The number of rotatable bonds is 6. The van der Waals surface area contributed by atoms with Crippen LogP contribution in [-0.4, -0.2) is 61.0 Å². The van der Waals surface area contributed by atoms with E-state index < -0.39 is 4.92 Å². The first-order chi connectivity index (χ1) is 13.5. The van der Waals surface area contributed by atoms with Gasteiger partial charge in [0.2, 0.25) is 0 Å². The zero-order valence-corrected chi connectivity index (χ0v) is 16.0. The Morgan fingerprint density at radius 1 is 1.07 bits per heavy atom. The van der Waals surface area contributed by atoms with E-state index in [1.807, 2.05) is 17.0 Å². The molecule has 1 saturated heterocycles. The van der Waals surface area contributed by atoms with Crippen LogP contribution in [0.4, 0.5) is 5.69 Å². The fraction of sp³-hybridized carbons (Fsp3) is 0.350. The van der Waals surface area contributed by atoms with Crippen LogP contribution < -0.4 is 9.47 Å². The number of nitro benzene ring substituents is 1.